The normalized spacial score (nSPS) is 12.7. The third-order valence-corrected chi connectivity index (χ3v) is 5.29. The van der Waals surface area contributed by atoms with E-state index in [-0.39, 0.29) is 15.5 Å². The molecule has 2 N–H and O–H groups in total. The van der Waals surface area contributed by atoms with Crippen molar-refractivity contribution in [1.29, 1.82) is 0 Å². The number of nitrogens with one attached hydrogen (secondary N) is 2. The van der Waals surface area contributed by atoms with Crippen LogP contribution in [0.4, 0.5) is 8.78 Å². The first kappa shape index (κ1) is 19.3. The van der Waals surface area contributed by atoms with Crippen molar-refractivity contribution in [2.75, 3.05) is 7.05 Å². The first-order valence-corrected chi connectivity index (χ1v) is 9.00. The summed E-state index contributed by atoms with van der Waals surface area (Å²) < 4.78 is 52.1. The predicted octanol–water partition coefficient (Wildman–Crippen LogP) is 3.02. The standard InChI is InChI=1S/C16H15ClF2N2O3S/c1-9(10-3-6-14(18)15(19)7-10)21-16(22)12-8-11(4-5-13(12)17)25(23,24)20-2/h3-9,20H,1-2H3,(H,21,22). The molecular weight excluding hydrogens is 374 g/mol. The van der Waals surface area contributed by atoms with Gasteiger partial charge >= 0.3 is 0 Å². The van der Waals surface area contributed by atoms with Gasteiger partial charge in [0.05, 0.1) is 21.5 Å². The monoisotopic (exact) mass is 388 g/mol. The molecule has 1 unspecified atom stereocenters. The number of halogens is 3. The summed E-state index contributed by atoms with van der Waals surface area (Å²) in [4.78, 5) is 12.3. The second kappa shape index (κ2) is 7.47. The molecule has 0 fully saturated rings. The maximum Gasteiger partial charge on any atom is 0.253 e. The summed E-state index contributed by atoms with van der Waals surface area (Å²) in [6, 6.07) is 6.33. The van der Waals surface area contributed by atoms with E-state index in [1.807, 2.05) is 0 Å². The summed E-state index contributed by atoms with van der Waals surface area (Å²) >= 11 is 5.97. The third kappa shape index (κ3) is 4.33. The van der Waals surface area contributed by atoms with Gasteiger partial charge in [0.2, 0.25) is 10.0 Å². The van der Waals surface area contributed by atoms with Gasteiger partial charge in [-0.1, -0.05) is 17.7 Å². The van der Waals surface area contributed by atoms with E-state index in [0.29, 0.717) is 5.56 Å². The molecule has 0 spiro atoms. The van der Waals surface area contributed by atoms with Crippen LogP contribution in [0.1, 0.15) is 28.9 Å². The van der Waals surface area contributed by atoms with Gasteiger partial charge in [0, 0.05) is 0 Å². The zero-order chi connectivity index (χ0) is 18.8. The van der Waals surface area contributed by atoms with E-state index in [0.717, 1.165) is 18.2 Å². The van der Waals surface area contributed by atoms with Crippen molar-refractivity contribution >= 4 is 27.5 Å². The number of sulfonamides is 1. The molecule has 0 aliphatic rings. The predicted molar refractivity (Wildman–Crippen MR) is 89.9 cm³/mol. The van der Waals surface area contributed by atoms with Crippen LogP contribution in [0.2, 0.25) is 5.02 Å². The fraction of sp³-hybridized carbons (Fsp3) is 0.188. The Morgan fingerprint density at radius 1 is 1.12 bits per heavy atom. The summed E-state index contributed by atoms with van der Waals surface area (Å²) in [5, 5.41) is 2.63. The number of carbonyl (C=O) groups excluding carboxylic acids is 1. The highest BCUT2D eigenvalue weighted by Crippen LogP contribution is 2.22. The fourth-order valence-corrected chi connectivity index (χ4v) is 3.06. The van der Waals surface area contributed by atoms with Gasteiger partial charge in [-0.15, -0.1) is 0 Å². The highest BCUT2D eigenvalue weighted by Gasteiger charge is 2.19. The SMILES string of the molecule is CNS(=O)(=O)c1ccc(Cl)c(C(=O)NC(C)c2ccc(F)c(F)c2)c1. The van der Waals surface area contributed by atoms with Gasteiger partial charge in [0.15, 0.2) is 11.6 Å². The largest absolute Gasteiger partial charge is 0.345 e. The second-order valence-corrected chi connectivity index (χ2v) is 7.51. The van der Waals surface area contributed by atoms with Crippen LogP contribution in [0.3, 0.4) is 0 Å². The number of amides is 1. The lowest BCUT2D eigenvalue weighted by molar-refractivity contribution is 0.0939. The van der Waals surface area contributed by atoms with Gasteiger partial charge in [0.25, 0.3) is 5.91 Å². The number of carbonyl (C=O) groups is 1. The van der Waals surface area contributed by atoms with Crippen LogP contribution < -0.4 is 10.0 Å². The highest BCUT2D eigenvalue weighted by atomic mass is 35.5. The van der Waals surface area contributed by atoms with E-state index in [4.69, 9.17) is 11.6 Å². The molecule has 0 heterocycles. The van der Waals surface area contributed by atoms with Crippen LogP contribution in [-0.4, -0.2) is 21.4 Å². The zero-order valence-electron chi connectivity index (χ0n) is 13.3. The van der Waals surface area contributed by atoms with Crippen LogP contribution in [-0.2, 0) is 10.0 Å². The molecule has 25 heavy (non-hydrogen) atoms. The van der Waals surface area contributed by atoms with Gasteiger partial charge < -0.3 is 5.32 Å². The Bertz CT molecular complexity index is 920. The Morgan fingerprint density at radius 3 is 2.40 bits per heavy atom. The number of benzene rings is 2. The molecule has 2 rings (SSSR count). The molecule has 0 radical (unpaired) electrons. The van der Waals surface area contributed by atoms with E-state index < -0.39 is 33.6 Å². The van der Waals surface area contributed by atoms with Crippen LogP contribution in [0.25, 0.3) is 0 Å². The molecule has 0 aliphatic heterocycles. The Balaban J connectivity index is 2.28. The summed E-state index contributed by atoms with van der Waals surface area (Å²) in [6.07, 6.45) is 0. The number of hydrogen-bond acceptors (Lipinski definition) is 3. The molecule has 2 aromatic carbocycles. The van der Waals surface area contributed by atoms with E-state index >= 15 is 0 Å². The average Bonchev–Trinajstić information content (AvgIpc) is 2.57. The van der Waals surface area contributed by atoms with Gasteiger partial charge in [-0.2, -0.15) is 0 Å². The maximum atomic E-state index is 13.3. The van der Waals surface area contributed by atoms with Crippen molar-refractivity contribution < 1.29 is 22.0 Å². The summed E-state index contributed by atoms with van der Waals surface area (Å²) in [5.74, 6) is -2.66. The minimum Gasteiger partial charge on any atom is -0.345 e. The van der Waals surface area contributed by atoms with Crippen LogP contribution in [0.15, 0.2) is 41.3 Å². The van der Waals surface area contributed by atoms with Gasteiger partial charge in [-0.05, 0) is 49.9 Å². The van der Waals surface area contributed by atoms with E-state index in [2.05, 4.69) is 10.0 Å². The highest BCUT2D eigenvalue weighted by molar-refractivity contribution is 7.89. The Labute approximate surface area is 149 Å². The minimum atomic E-state index is -3.74. The molecule has 134 valence electrons. The number of hydrogen-bond donors (Lipinski definition) is 2. The molecule has 0 saturated carbocycles. The Kier molecular flexibility index (Phi) is 5.76. The molecule has 0 saturated heterocycles. The van der Waals surface area contributed by atoms with E-state index in [9.17, 15) is 22.0 Å². The Morgan fingerprint density at radius 2 is 1.80 bits per heavy atom. The molecule has 0 aromatic heterocycles. The van der Waals surface area contributed by atoms with Gasteiger partial charge in [-0.3, -0.25) is 4.79 Å². The van der Waals surface area contributed by atoms with E-state index in [1.165, 1.54) is 25.2 Å². The second-order valence-electron chi connectivity index (χ2n) is 5.22. The van der Waals surface area contributed by atoms with Crippen LogP contribution >= 0.6 is 11.6 Å². The van der Waals surface area contributed by atoms with Crippen molar-refractivity contribution in [2.45, 2.75) is 17.9 Å². The summed E-state index contributed by atoms with van der Waals surface area (Å²) in [7, 11) is -2.50. The lowest BCUT2D eigenvalue weighted by atomic mass is 10.1. The molecule has 1 amide bonds. The van der Waals surface area contributed by atoms with Gasteiger partial charge in [0.1, 0.15) is 0 Å². The fourth-order valence-electron chi connectivity index (χ4n) is 2.10. The van der Waals surface area contributed by atoms with Crippen molar-refractivity contribution in [3.63, 3.8) is 0 Å². The zero-order valence-corrected chi connectivity index (χ0v) is 14.9. The lowest BCUT2D eigenvalue weighted by Crippen LogP contribution is -2.27. The van der Waals surface area contributed by atoms with E-state index in [1.54, 1.807) is 6.92 Å². The third-order valence-electron chi connectivity index (χ3n) is 3.55. The molecule has 1 atom stereocenters. The van der Waals surface area contributed by atoms with Crippen molar-refractivity contribution in [3.05, 3.63) is 64.2 Å². The molecule has 9 heteroatoms. The maximum absolute atomic E-state index is 13.3. The van der Waals surface area contributed by atoms with Gasteiger partial charge in [-0.25, -0.2) is 21.9 Å². The Hall–Kier alpha value is -2.03. The van der Waals surface area contributed by atoms with Crippen molar-refractivity contribution in [2.24, 2.45) is 0 Å². The summed E-state index contributed by atoms with van der Waals surface area (Å²) in [6.45, 7) is 1.58. The van der Waals surface area contributed by atoms with Crippen LogP contribution in [0.5, 0.6) is 0 Å². The lowest BCUT2D eigenvalue weighted by Gasteiger charge is -2.16. The summed E-state index contributed by atoms with van der Waals surface area (Å²) in [5.41, 5.74) is 0.301. The first-order chi connectivity index (χ1) is 11.7. The number of rotatable bonds is 5. The molecule has 2 aromatic rings. The van der Waals surface area contributed by atoms with Crippen LogP contribution in [0, 0.1) is 11.6 Å². The minimum absolute atomic E-state index is 0.0487. The molecule has 0 aliphatic carbocycles. The first-order valence-electron chi connectivity index (χ1n) is 7.14. The molecular formula is C16H15ClF2N2O3S. The van der Waals surface area contributed by atoms with Crippen molar-refractivity contribution in [3.8, 4) is 0 Å². The quantitative estimate of drug-likeness (QED) is 0.826. The molecule has 5 nitrogen and oxygen atoms in total. The topological polar surface area (TPSA) is 75.3 Å². The van der Waals surface area contributed by atoms with Crippen molar-refractivity contribution in [1.82, 2.24) is 10.0 Å². The smallest absolute Gasteiger partial charge is 0.253 e. The molecule has 0 bridgehead atoms. The average molecular weight is 389 g/mol.